The Kier molecular flexibility index (Phi) is 2.64. The van der Waals surface area contributed by atoms with Crippen molar-refractivity contribution in [3.8, 4) is 0 Å². The van der Waals surface area contributed by atoms with E-state index in [-0.39, 0.29) is 0 Å². The van der Waals surface area contributed by atoms with Gasteiger partial charge in [-0.2, -0.15) is 0 Å². The van der Waals surface area contributed by atoms with Crippen molar-refractivity contribution in [2.45, 2.75) is 0 Å². The van der Waals surface area contributed by atoms with Gasteiger partial charge >= 0.3 is 0 Å². The molecule has 5 heteroatoms. The summed E-state index contributed by atoms with van der Waals surface area (Å²) in [5.41, 5.74) is 1.28. The molecule has 2 rings (SSSR count). The fourth-order valence-electron chi connectivity index (χ4n) is 1.16. The quantitative estimate of drug-likeness (QED) is 0.759. The number of hydrogen-bond acceptors (Lipinski definition) is 5. The summed E-state index contributed by atoms with van der Waals surface area (Å²) in [6.07, 6.45) is 2.32. The number of carbonyl (C=O) groups is 1. The van der Waals surface area contributed by atoms with Gasteiger partial charge in [0.2, 0.25) is 0 Å². The van der Waals surface area contributed by atoms with Crippen molar-refractivity contribution >= 4 is 17.8 Å². The van der Waals surface area contributed by atoms with E-state index in [1.165, 1.54) is 6.20 Å². The van der Waals surface area contributed by atoms with Gasteiger partial charge in [-0.05, 0) is 17.3 Å². The highest BCUT2D eigenvalue weighted by Crippen LogP contribution is 2.16. The molecule has 2 aromatic rings. The second-order valence-electron chi connectivity index (χ2n) is 2.84. The maximum Gasteiger partial charge on any atom is 0.156 e. The van der Waals surface area contributed by atoms with Gasteiger partial charge in [0, 0.05) is 11.6 Å². The number of anilines is 2. The van der Waals surface area contributed by atoms with Gasteiger partial charge in [0.05, 0.1) is 11.9 Å². The fourth-order valence-corrected chi connectivity index (χ4v) is 1.16. The number of benzene rings is 1. The van der Waals surface area contributed by atoms with E-state index in [9.17, 15) is 4.79 Å². The molecule has 0 aliphatic carbocycles. The van der Waals surface area contributed by atoms with Crippen LogP contribution in [-0.4, -0.2) is 21.7 Å². The minimum Gasteiger partial charge on any atom is -0.338 e. The molecular formula is C10H8N4O. The van der Waals surface area contributed by atoms with Crippen LogP contribution < -0.4 is 5.32 Å². The molecule has 0 radical (unpaired) electrons. The van der Waals surface area contributed by atoms with Gasteiger partial charge in [-0.3, -0.25) is 4.79 Å². The maximum atomic E-state index is 10.7. The third-order valence-electron chi connectivity index (χ3n) is 1.85. The standard InChI is InChI=1S/C10H8N4O/c15-7-8-3-1-2-4-9(8)12-10-5-6-11-14-13-10/h1-7H,(H,11,12,13). The van der Waals surface area contributed by atoms with Crippen molar-refractivity contribution in [2.75, 3.05) is 5.32 Å². The number of para-hydroxylation sites is 1. The van der Waals surface area contributed by atoms with Crippen molar-refractivity contribution in [1.82, 2.24) is 15.4 Å². The number of nitrogens with one attached hydrogen (secondary N) is 1. The molecule has 0 fully saturated rings. The molecule has 1 aromatic carbocycles. The molecule has 1 N–H and O–H groups in total. The van der Waals surface area contributed by atoms with Crippen LogP contribution in [0.3, 0.4) is 0 Å². The van der Waals surface area contributed by atoms with Crippen LogP contribution in [0.5, 0.6) is 0 Å². The summed E-state index contributed by atoms with van der Waals surface area (Å²) in [4.78, 5) is 10.7. The van der Waals surface area contributed by atoms with Gasteiger partial charge < -0.3 is 5.32 Å². The largest absolute Gasteiger partial charge is 0.338 e. The lowest BCUT2D eigenvalue weighted by Crippen LogP contribution is -1.98. The van der Waals surface area contributed by atoms with Crippen LogP contribution in [0.2, 0.25) is 0 Å². The third kappa shape index (κ3) is 2.14. The van der Waals surface area contributed by atoms with E-state index in [1.54, 1.807) is 24.3 Å². The average Bonchev–Trinajstić information content (AvgIpc) is 2.31. The molecule has 74 valence electrons. The zero-order valence-corrected chi connectivity index (χ0v) is 7.79. The Bertz CT molecular complexity index is 458. The van der Waals surface area contributed by atoms with E-state index in [0.717, 1.165) is 6.29 Å². The van der Waals surface area contributed by atoms with E-state index >= 15 is 0 Å². The second-order valence-corrected chi connectivity index (χ2v) is 2.84. The molecule has 0 amide bonds. The molecule has 0 aliphatic heterocycles. The van der Waals surface area contributed by atoms with Crippen molar-refractivity contribution < 1.29 is 4.79 Å². The van der Waals surface area contributed by atoms with Crippen LogP contribution in [0.15, 0.2) is 36.5 Å². The molecule has 0 aliphatic rings. The van der Waals surface area contributed by atoms with Crippen LogP contribution in [0, 0.1) is 0 Å². The predicted octanol–water partition coefficient (Wildman–Crippen LogP) is 1.43. The summed E-state index contributed by atoms with van der Waals surface area (Å²) in [5, 5.41) is 13.8. The Morgan fingerprint density at radius 1 is 1.20 bits per heavy atom. The minimum absolute atomic E-state index is 0.555. The normalized spacial score (nSPS) is 9.60. The van der Waals surface area contributed by atoms with Crippen molar-refractivity contribution in [3.63, 3.8) is 0 Å². The van der Waals surface area contributed by atoms with E-state index in [2.05, 4.69) is 20.7 Å². The molecule has 1 aromatic heterocycles. The van der Waals surface area contributed by atoms with Gasteiger partial charge in [-0.1, -0.05) is 12.1 Å². The summed E-state index contributed by atoms with van der Waals surface area (Å²) in [6, 6.07) is 8.83. The first kappa shape index (κ1) is 9.26. The van der Waals surface area contributed by atoms with E-state index < -0.39 is 0 Å². The maximum absolute atomic E-state index is 10.7. The number of hydrogen-bond donors (Lipinski definition) is 1. The van der Waals surface area contributed by atoms with Crippen molar-refractivity contribution in [3.05, 3.63) is 42.1 Å². The molecular weight excluding hydrogens is 192 g/mol. The Labute approximate surface area is 86.2 Å². The summed E-state index contributed by atoms with van der Waals surface area (Å²) >= 11 is 0. The van der Waals surface area contributed by atoms with E-state index in [1.807, 2.05) is 6.07 Å². The van der Waals surface area contributed by atoms with Gasteiger partial charge in [0.1, 0.15) is 0 Å². The van der Waals surface area contributed by atoms with Crippen LogP contribution in [0.4, 0.5) is 11.5 Å². The van der Waals surface area contributed by atoms with Crippen LogP contribution >= 0.6 is 0 Å². The lowest BCUT2D eigenvalue weighted by Gasteiger charge is -2.05. The Balaban J connectivity index is 2.28. The molecule has 0 spiro atoms. The average molecular weight is 200 g/mol. The van der Waals surface area contributed by atoms with Gasteiger partial charge in [0.25, 0.3) is 0 Å². The second kappa shape index (κ2) is 4.28. The number of aromatic nitrogens is 3. The number of carbonyl (C=O) groups excluding carboxylic acids is 1. The molecule has 15 heavy (non-hydrogen) atoms. The van der Waals surface area contributed by atoms with Crippen LogP contribution in [0.25, 0.3) is 0 Å². The topological polar surface area (TPSA) is 67.8 Å². The molecule has 0 unspecified atom stereocenters. The number of nitrogens with zero attached hydrogens (tertiary/aromatic N) is 3. The Morgan fingerprint density at radius 2 is 2.07 bits per heavy atom. The lowest BCUT2D eigenvalue weighted by atomic mass is 10.2. The highest BCUT2D eigenvalue weighted by Gasteiger charge is 2.00. The number of rotatable bonds is 3. The SMILES string of the molecule is O=Cc1ccccc1Nc1ccnnn1. The monoisotopic (exact) mass is 200 g/mol. The zero-order valence-electron chi connectivity index (χ0n) is 7.79. The summed E-state index contributed by atoms with van der Waals surface area (Å²) < 4.78 is 0. The van der Waals surface area contributed by atoms with Gasteiger partial charge in [0.15, 0.2) is 12.1 Å². The molecule has 5 nitrogen and oxygen atoms in total. The summed E-state index contributed by atoms with van der Waals surface area (Å²) in [5.74, 6) is 0.555. The van der Waals surface area contributed by atoms with Crippen molar-refractivity contribution in [2.24, 2.45) is 0 Å². The zero-order chi connectivity index (χ0) is 10.5. The van der Waals surface area contributed by atoms with Gasteiger partial charge in [-0.25, -0.2) is 0 Å². The third-order valence-corrected chi connectivity index (χ3v) is 1.85. The summed E-state index contributed by atoms with van der Waals surface area (Å²) in [7, 11) is 0. The molecule has 0 bridgehead atoms. The summed E-state index contributed by atoms with van der Waals surface area (Å²) in [6.45, 7) is 0. The van der Waals surface area contributed by atoms with E-state index in [0.29, 0.717) is 17.1 Å². The minimum atomic E-state index is 0.555. The number of aldehydes is 1. The predicted molar refractivity (Wildman–Crippen MR) is 54.9 cm³/mol. The highest BCUT2D eigenvalue weighted by atomic mass is 16.1. The smallest absolute Gasteiger partial charge is 0.156 e. The first-order valence-electron chi connectivity index (χ1n) is 4.36. The highest BCUT2D eigenvalue weighted by molar-refractivity contribution is 5.85. The Hall–Kier alpha value is -2.30. The molecule has 1 heterocycles. The van der Waals surface area contributed by atoms with Crippen LogP contribution in [-0.2, 0) is 0 Å². The molecule has 0 saturated carbocycles. The Morgan fingerprint density at radius 3 is 2.80 bits per heavy atom. The first-order valence-corrected chi connectivity index (χ1v) is 4.36. The van der Waals surface area contributed by atoms with Crippen molar-refractivity contribution in [1.29, 1.82) is 0 Å². The lowest BCUT2D eigenvalue weighted by molar-refractivity contribution is 0.112. The first-order chi connectivity index (χ1) is 7.40. The molecule has 0 saturated heterocycles. The van der Waals surface area contributed by atoms with Crippen LogP contribution in [0.1, 0.15) is 10.4 Å². The van der Waals surface area contributed by atoms with E-state index in [4.69, 9.17) is 0 Å². The fraction of sp³-hybridized carbons (Fsp3) is 0. The molecule has 0 atom stereocenters. The van der Waals surface area contributed by atoms with Gasteiger partial charge in [-0.15, -0.1) is 10.2 Å².